The zero-order valence-electron chi connectivity index (χ0n) is 17.6. The van der Waals surface area contributed by atoms with Gasteiger partial charge in [0.05, 0.1) is 27.4 Å². The maximum atomic E-state index is 12.5. The van der Waals surface area contributed by atoms with E-state index in [0.717, 1.165) is 19.3 Å². The quantitative estimate of drug-likeness (QED) is 0.696. The first-order valence-corrected chi connectivity index (χ1v) is 10.0. The normalized spacial score (nSPS) is 15.0. The van der Waals surface area contributed by atoms with E-state index in [9.17, 15) is 9.59 Å². The van der Waals surface area contributed by atoms with Crippen molar-refractivity contribution < 1.29 is 23.8 Å². The highest BCUT2D eigenvalue weighted by Gasteiger charge is 2.21. The highest BCUT2D eigenvalue weighted by molar-refractivity contribution is 5.95. The van der Waals surface area contributed by atoms with Crippen LogP contribution in [-0.4, -0.2) is 39.7 Å². The summed E-state index contributed by atoms with van der Waals surface area (Å²) >= 11 is 0. The third-order valence-corrected chi connectivity index (χ3v) is 5.27. The molecule has 2 aromatic carbocycles. The van der Waals surface area contributed by atoms with Crippen molar-refractivity contribution in [2.24, 2.45) is 0 Å². The molecule has 1 aliphatic rings. The molecule has 0 aliphatic heterocycles. The molecule has 0 fully saturated rings. The molecular formula is C23H28N2O5. The van der Waals surface area contributed by atoms with Crippen molar-refractivity contribution in [1.29, 1.82) is 0 Å². The summed E-state index contributed by atoms with van der Waals surface area (Å²) in [6.45, 7) is 0.232. The highest BCUT2D eigenvalue weighted by atomic mass is 16.5. The van der Waals surface area contributed by atoms with E-state index < -0.39 is 0 Å². The summed E-state index contributed by atoms with van der Waals surface area (Å²) in [6.07, 6.45) is 3.24. The summed E-state index contributed by atoms with van der Waals surface area (Å²) in [6, 6.07) is 11.4. The summed E-state index contributed by atoms with van der Waals surface area (Å²) in [4.78, 5) is 24.9. The molecule has 0 bridgehead atoms. The lowest BCUT2D eigenvalue weighted by atomic mass is 9.88. The zero-order valence-corrected chi connectivity index (χ0v) is 17.6. The van der Waals surface area contributed by atoms with E-state index in [1.807, 2.05) is 12.1 Å². The van der Waals surface area contributed by atoms with Gasteiger partial charge in [-0.05, 0) is 42.5 Å². The monoisotopic (exact) mass is 412 g/mol. The molecule has 0 saturated heterocycles. The molecule has 0 spiro atoms. The van der Waals surface area contributed by atoms with Gasteiger partial charge in [0.1, 0.15) is 0 Å². The van der Waals surface area contributed by atoms with Crippen LogP contribution in [0.15, 0.2) is 36.4 Å². The lowest BCUT2D eigenvalue weighted by Gasteiger charge is -2.26. The van der Waals surface area contributed by atoms with Crippen LogP contribution in [0.5, 0.6) is 17.2 Å². The van der Waals surface area contributed by atoms with Crippen LogP contribution in [0, 0.1) is 0 Å². The molecule has 160 valence electrons. The number of carbonyl (C=O) groups excluding carboxylic acids is 2. The number of amides is 2. The summed E-state index contributed by atoms with van der Waals surface area (Å²) < 4.78 is 15.8. The van der Waals surface area contributed by atoms with Gasteiger partial charge >= 0.3 is 0 Å². The first-order valence-electron chi connectivity index (χ1n) is 10.0. The Morgan fingerprint density at radius 3 is 2.40 bits per heavy atom. The maximum Gasteiger partial charge on any atom is 0.251 e. The van der Waals surface area contributed by atoms with E-state index in [-0.39, 0.29) is 30.8 Å². The predicted octanol–water partition coefficient (Wildman–Crippen LogP) is 3.03. The largest absolute Gasteiger partial charge is 0.493 e. The van der Waals surface area contributed by atoms with Crippen LogP contribution in [-0.2, 0) is 11.2 Å². The fourth-order valence-corrected chi connectivity index (χ4v) is 3.77. The Bertz CT molecular complexity index is 887. The summed E-state index contributed by atoms with van der Waals surface area (Å²) in [5.41, 5.74) is 2.86. The predicted molar refractivity (Wildman–Crippen MR) is 113 cm³/mol. The lowest BCUT2D eigenvalue weighted by Crippen LogP contribution is -2.34. The molecule has 0 aromatic heterocycles. The van der Waals surface area contributed by atoms with Gasteiger partial charge in [-0.1, -0.05) is 24.3 Å². The van der Waals surface area contributed by atoms with E-state index in [2.05, 4.69) is 22.8 Å². The smallest absolute Gasteiger partial charge is 0.251 e. The molecule has 2 amide bonds. The Kier molecular flexibility index (Phi) is 7.17. The molecule has 0 heterocycles. The molecule has 3 rings (SSSR count). The molecule has 7 heteroatoms. The number of hydrogen-bond acceptors (Lipinski definition) is 5. The topological polar surface area (TPSA) is 85.9 Å². The van der Waals surface area contributed by atoms with Gasteiger partial charge in [-0.2, -0.15) is 0 Å². The van der Waals surface area contributed by atoms with Crippen molar-refractivity contribution in [3.8, 4) is 17.2 Å². The minimum absolute atomic E-state index is 0.0354. The molecule has 1 aliphatic carbocycles. The first-order chi connectivity index (χ1) is 14.6. The number of benzene rings is 2. The molecule has 2 aromatic rings. The van der Waals surface area contributed by atoms with Gasteiger partial charge in [0, 0.05) is 18.5 Å². The standard InChI is InChI=1S/C23H28N2O5/c1-28-19-13-16(14-20(29-2)22(19)30-3)23(27)24-12-11-21(26)25-18-10-6-8-15-7-4-5-9-17(15)18/h4-5,7,9,13-14,18H,6,8,10-12H2,1-3H3,(H,24,27)(H,25,26)/t18-/m1/s1. The van der Waals surface area contributed by atoms with E-state index in [4.69, 9.17) is 14.2 Å². The zero-order chi connectivity index (χ0) is 21.5. The number of fused-ring (bicyclic) bond motifs is 1. The Hall–Kier alpha value is -3.22. The average molecular weight is 412 g/mol. The average Bonchev–Trinajstić information content (AvgIpc) is 2.78. The molecule has 1 atom stereocenters. The van der Waals surface area contributed by atoms with E-state index in [1.165, 1.54) is 32.5 Å². The molecule has 30 heavy (non-hydrogen) atoms. The summed E-state index contributed by atoms with van der Waals surface area (Å²) in [7, 11) is 4.49. The maximum absolute atomic E-state index is 12.5. The molecule has 0 saturated carbocycles. The minimum atomic E-state index is -0.315. The second-order valence-electron chi connectivity index (χ2n) is 7.13. The van der Waals surface area contributed by atoms with Gasteiger partial charge in [-0.25, -0.2) is 0 Å². The van der Waals surface area contributed by atoms with Gasteiger partial charge < -0.3 is 24.8 Å². The van der Waals surface area contributed by atoms with E-state index in [1.54, 1.807) is 12.1 Å². The third kappa shape index (κ3) is 4.84. The Morgan fingerprint density at radius 2 is 1.73 bits per heavy atom. The highest BCUT2D eigenvalue weighted by Crippen LogP contribution is 2.38. The van der Waals surface area contributed by atoms with Crippen LogP contribution in [0.4, 0.5) is 0 Å². The van der Waals surface area contributed by atoms with Crippen molar-refractivity contribution in [2.45, 2.75) is 31.7 Å². The van der Waals surface area contributed by atoms with Gasteiger partial charge in [0.25, 0.3) is 5.91 Å². The number of carbonyl (C=O) groups is 2. The van der Waals surface area contributed by atoms with Crippen molar-refractivity contribution >= 4 is 11.8 Å². The Labute approximate surface area is 176 Å². The fourth-order valence-electron chi connectivity index (χ4n) is 3.77. The van der Waals surface area contributed by atoms with Gasteiger partial charge in [-0.15, -0.1) is 0 Å². The number of nitrogens with one attached hydrogen (secondary N) is 2. The van der Waals surface area contributed by atoms with Crippen molar-refractivity contribution in [2.75, 3.05) is 27.9 Å². The van der Waals surface area contributed by atoms with Crippen LogP contribution < -0.4 is 24.8 Å². The molecule has 0 unspecified atom stereocenters. The number of ether oxygens (including phenoxy) is 3. The van der Waals surface area contributed by atoms with Crippen molar-refractivity contribution in [1.82, 2.24) is 10.6 Å². The summed E-state index contributed by atoms with van der Waals surface area (Å²) in [5.74, 6) is 0.821. The molecule has 7 nitrogen and oxygen atoms in total. The number of rotatable bonds is 8. The van der Waals surface area contributed by atoms with Crippen molar-refractivity contribution in [3.05, 3.63) is 53.1 Å². The van der Waals surface area contributed by atoms with Gasteiger partial charge in [0.15, 0.2) is 11.5 Å². The summed E-state index contributed by atoms with van der Waals surface area (Å²) in [5, 5.41) is 5.87. The fraction of sp³-hybridized carbons (Fsp3) is 0.391. The minimum Gasteiger partial charge on any atom is -0.493 e. The van der Waals surface area contributed by atoms with Crippen LogP contribution in [0.1, 0.15) is 46.8 Å². The Morgan fingerprint density at radius 1 is 1.03 bits per heavy atom. The van der Waals surface area contributed by atoms with Crippen LogP contribution >= 0.6 is 0 Å². The van der Waals surface area contributed by atoms with Gasteiger partial charge in [-0.3, -0.25) is 9.59 Å². The molecular weight excluding hydrogens is 384 g/mol. The SMILES string of the molecule is COc1cc(C(=O)NCCC(=O)N[C@@H]2CCCc3ccccc32)cc(OC)c1OC. The number of aryl methyl sites for hydroxylation is 1. The second kappa shape index (κ2) is 10.0. The van der Waals surface area contributed by atoms with Gasteiger partial charge in [0.2, 0.25) is 11.7 Å². The lowest BCUT2D eigenvalue weighted by molar-refractivity contribution is -0.121. The first kappa shape index (κ1) is 21.5. The van der Waals surface area contributed by atoms with Crippen LogP contribution in [0.25, 0.3) is 0 Å². The van der Waals surface area contributed by atoms with Crippen LogP contribution in [0.3, 0.4) is 0 Å². The van der Waals surface area contributed by atoms with E-state index >= 15 is 0 Å². The van der Waals surface area contributed by atoms with Crippen LogP contribution in [0.2, 0.25) is 0 Å². The molecule has 0 radical (unpaired) electrons. The van der Waals surface area contributed by atoms with E-state index in [0.29, 0.717) is 22.8 Å². The molecule has 2 N–H and O–H groups in total. The second-order valence-corrected chi connectivity index (χ2v) is 7.13. The Balaban J connectivity index is 1.55. The number of methoxy groups -OCH3 is 3. The number of hydrogen-bond donors (Lipinski definition) is 2. The third-order valence-electron chi connectivity index (χ3n) is 5.27. The van der Waals surface area contributed by atoms with Crippen molar-refractivity contribution in [3.63, 3.8) is 0 Å².